The Labute approximate surface area is 181 Å². The number of unbranched alkanes of at least 4 members (excludes halogenated alkanes) is 3. The SMILES string of the molecule is CCCCCN(C(=O)c1ccc(OC)cc1OC)c1c(N)n(CCCC)c(=O)[nH]c1=O. The maximum absolute atomic E-state index is 13.5. The van der Waals surface area contributed by atoms with Gasteiger partial charge in [0.2, 0.25) is 0 Å². The smallest absolute Gasteiger partial charge is 0.330 e. The largest absolute Gasteiger partial charge is 0.497 e. The number of nitrogens with two attached hydrogens (primary N) is 1. The number of amides is 1. The van der Waals surface area contributed by atoms with Crippen LogP contribution in [0.25, 0.3) is 0 Å². The fourth-order valence-electron chi connectivity index (χ4n) is 3.33. The molecule has 0 saturated heterocycles. The van der Waals surface area contributed by atoms with Gasteiger partial charge in [0.1, 0.15) is 17.3 Å². The topological polar surface area (TPSA) is 120 Å². The molecule has 3 N–H and O–H groups in total. The molecule has 1 aromatic heterocycles. The molecule has 0 radical (unpaired) electrons. The van der Waals surface area contributed by atoms with Crippen LogP contribution in [0, 0.1) is 0 Å². The molecule has 0 atom stereocenters. The van der Waals surface area contributed by atoms with E-state index in [9.17, 15) is 14.4 Å². The van der Waals surface area contributed by atoms with Crippen LogP contribution in [0.5, 0.6) is 11.5 Å². The summed E-state index contributed by atoms with van der Waals surface area (Å²) in [5, 5.41) is 0. The minimum atomic E-state index is -0.687. The predicted octanol–water partition coefficient (Wildman–Crippen LogP) is 2.77. The summed E-state index contributed by atoms with van der Waals surface area (Å²) in [6.07, 6.45) is 4.05. The molecule has 170 valence electrons. The maximum Gasteiger partial charge on any atom is 0.330 e. The Morgan fingerprint density at radius 1 is 1.10 bits per heavy atom. The number of hydrogen-bond donors (Lipinski definition) is 2. The molecule has 1 heterocycles. The minimum Gasteiger partial charge on any atom is -0.497 e. The normalized spacial score (nSPS) is 10.7. The molecule has 2 rings (SSSR count). The van der Waals surface area contributed by atoms with Crippen molar-refractivity contribution in [2.24, 2.45) is 0 Å². The van der Waals surface area contributed by atoms with Gasteiger partial charge in [-0.2, -0.15) is 0 Å². The van der Waals surface area contributed by atoms with Crippen LogP contribution in [0.2, 0.25) is 0 Å². The molecule has 2 aromatic rings. The zero-order valence-electron chi connectivity index (χ0n) is 18.7. The molecule has 0 spiro atoms. The first-order chi connectivity index (χ1) is 14.9. The van der Waals surface area contributed by atoms with E-state index in [2.05, 4.69) is 4.98 Å². The highest BCUT2D eigenvalue weighted by Gasteiger charge is 2.27. The van der Waals surface area contributed by atoms with Gasteiger partial charge in [-0.3, -0.25) is 19.1 Å². The molecule has 1 aromatic carbocycles. The number of aromatic nitrogens is 2. The van der Waals surface area contributed by atoms with Crippen molar-refractivity contribution in [3.05, 3.63) is 44.6 Å². The van der Waals surface area contributed by atoms with Crippen LogP contribution in [0.4, 0.5) is 11.5 Å². The molecule has 9 heteroatoms. The lowest BCUT2D eigenvalue weighted by atomic mass is 10.1. The van der Waals surface area contributed by atoms with Gasteiger partial charge in [0, 0.05) is 19.2 Å². The number of H-pyrrole nitrogens is 1. The number of rotatable bonds is 11. The third-order valence-corrected chi connectivity index (χ3v) is 5.09. The van der Waals surface area contributed by atoms with Crippen molar-refractivity contribution in [2.75, 3.05) is 31.4 Å². The lowest BCUT2D eigenvalue weighted by molar-refractivity contribution is 0.0983. The van der Waals surface area contributed by atoms with Crippen molar-refractivity contribution in [3.8, 4) is 11.5 Å². The summed E-state index contributed by atoms with van der Waals surface area (Å²) < 4.78 is 11.9. The van der Waals surface area contributed by atoms with E-state index in [0.29, 0.717) is 30.9 Å². The molecule has 0 unspecified atom stereocenters. The third-order valence-electron chi connectivity index (χ3n) is 5.09. The Hall–Kier alpha value is -3.23. The fraction of sp³-hybridized carbons (Fsp3) is 0.500. The fourth-order valence-corrected chi connectivity index (χ4v) is 3.33. The van der Waals surface area contributed by atoms with Gasteiger partial charge in [-0.15, -0.1) is 0 Å². The number of methoxy groups -OCH3 is 2. The first-order valence-corrected chi connectivity index (χ1v) is 10.6. The van der Waals surface area contributed by atoms with Crippen LogP contribution >= 0.6 is 0 Å². The Morgan fingerprint density at radius 3 is 2.42 bits per heavy atom. The van der Waals surface area contributed by atoms with E-state index in [-0.39, 0.29) is 23.6 Å². The molecular weight excluding hydrogens is 400 g/mol. The highest BCUT2D eigenvalue weighted by molar-refractivity contribution is 6.09. The summed E-state index contributed by atoms with van der Waals surface area (Å²) in [6.45, 7) is 4.67. The lowest BCUT2D eigenvalue weighted by Crippen LogP contribution is -2.41. The number of aromatic amines is 1. The van der Waals surface area contributed by atoms with Crippen molar-refractivity contribution in [1.82, 2.24) is 9.55 Å². The highest BCUT2D eigenvalue weighted by Crippen LogP contribution is 2.28. The third kappa shape index (κ3) is 5.48. The molecule has 31 heavy (non-hydrogen) atoms. The van der Waals surface area contributed by atoms with Crippen molar-refractivity contribution in [2.45, 2.75) is 52.5 Å². The van der Waals surface area contributed by atoms with Gasteiger partial charge in [-0.25, -0.2) is 4.79 Å². The highest BCUT2D eigenvalue weighted by atomic mass is 16.5. The molecular formula is C22H32N4O5. The van der Waals surface area contributed by atoms with E-state index in [4.69, 9.17) is 15.2 Å². The number of carbonyl (C=O) groups excluding carboxylic acids is 1. The van der Waals surface area contributed by atoms with Crippen molar-refractivity contribution in [1.29, 1.82) is 0 Å². The first kappa shape index (κ1) is 24.0. The number of anilines is 2. The van der Waals surface area contributed by atoms with E-state index in [1.165, 1.54) is 23.7 Å². The Balaban J connectivity index is 2.61. The zero-order chi connectivity index (χ0) is 23.0. The summed E-state index contributed by atoms with van der Waals surface area (Å²) in [6, 6.07) is 4.84. The summed E-state index contributed by atoms with van der Waals surface area (Å²) >= 11 is 0. The predicted molar refractivity (Wildman–Crippen MR) is 121 cm³/mol. The number of ether oxygens (including phenoxy) is 2. The van der Waals surface area contributed by atoms with Crippen LogP contribution in [0.3, 0.4) is 0 Å². The second-order valence-corrected chi connectivity index (χ2v) is 7.23. The van der Waals surface area contributed by atoms with Gasteiger partial charge in [-0.1, -0.05) is 33.1 Å². The molecule has 0 saturated carbocycles. The molecule has 0 bridgehead atoms. The Morgan fingerprint density at radius 2 is 1.81 bits per heavy atom. The van der Waals surface area contributed by atoms with Gasteiger partial charge in [0.05, 0.1) is 19.8 Å². The maximum atomic E-state index is 13.5. The zero-order valence-corrected chi connectivity index (χ0v) is 18.7. The standard InChI is InChI=1S/C22H32N4O5/c1-5-7-9-13-25(21(28)16-11-10-15(30-3)14-17(16)31-4)18-19(23)26(12-8-6-2)22(29)24-20(18)27/h10-11,14H,5-9,12-13,23H2,1-4H3,(H,24,27,29). The van der Waals surface area contributed by atoms with E-state index in [1.807, 2.05) is 13.8 Å². The Bertz CT molecular complexity index is 1010. The minimum absolute atomic E-state index is 0.0143. The van der Waals surface area contributed by atoms with Crippen molar-refractivity contribution < 1.29 is 14.3 Å². The number of nitrogen functional groups attached to an aromatic ring is 1. The van der Waals surface area contributed by atoms with Crippen LogP contribution < -0.4 is 31.4 Å². The summed E-state index contributed by atoms with van der Waals surface area (Å²) in [5.74, 6) is 0.406. The average molecular weight is 433 g/mol. The van der Waals surface area contributed by atoms with E-state index < -0.39 is 17.2 Å². The number of hydrogen-bond acceptors (Lipinski definition) is 6. The number of carbonyl (C=O) groups is 1. The summed E-state index contributed by atoms with van der Waals surface area (Å²) in [5.41, 5.74) is 5.24. The monoisotopic (exact) mass is 432 g/mol. The van der Waals surface area contributed by atoms with E-state index in [0.717, 1.165) is 19.3 Å². The van der Waals surface area contributed by atoms with Crippen molar-refractivity contribution in [3.63, 3.8) is 0 Å². The number of nitrogens with zero attached hydrogens (tertiary/aromatic N) is 2. The van der Waals surface area contributed by atoms with Crippen LogP contribution in [-0.4, -0.2) is 36.2 Å². The lowest BCUT2D eigenvalue weighted by Gasteiger charge is -2.25. The first-order valence-electron chi connectivity index (χ1n) is 10.6. The van der Waals surface area contributed by atoms with Gasteiger partial charge in [0.15, 0.2) is 5.69 Å². The summed E-state index contributed by atoms with van der Waals surface area (Å²) in [4.78, 5) is 42.3. The molecule has 0 aliphatic rings. The van der Waals surface area contributed by atoms with E-state index >= 15 is 0 Å². The number of nitrogens with one attached hydrogen (secondary N) is 1. The molecule has 9 nitrogen and oxygen atoms in total. The second kappa shape index (κ2) is 11.2. The van der Waals surface area contributed by atoms with E-state index in [1.54, 1.807) is 18.2 Å². The molecule has 0 aliphatic carbocycles. The number of benzene rings is 1. The van der Waals surface area contributed by atoms with Gasteiger partial charge >= 0.3 is 5.69 Å². The molecule has 1 amide bonds. The molecule has 0 aliphatic heterocycles. The van der Waals surface area contributed by atoms with Crippen molar-refractivity contribution >= 4 is 17.4 Å². The van der Waals surface area contributed by atoms with Crippen LogP contribution in [0.1, 0.15) is 56.3 Å². The van der Waals surface area contributed by atoms with Gasteiger partial charge < -0.3 is 20.1 Å². The average Bonchev–Trinajstić information content (AvgIpc) is 2.76. The van der Waals surface area contributed by atoms with Crippen LogP contribution in [-0.2, 0) is 6.54 Å². The quantitative estimate of drug-likeness (QED) is 0.527. The second-order valence-electron chi connectivity index (χ2n) is 7.23. The van der Waals surface area contributed by atoms with Gasteiger partial charge in [-0.05, 0) is 25.0 Å². The molecule has 0 fully saturated rings. The van der Waals surface area contributed by atoms with Gasteiger partial charge in [0.25, 0.3) is 11.5 Å². The summed E-state index contributed by atoms with van der Waals surface area (Å²) in [7, 11) is 2.98. The van der Waals surface area contributed by atoms with Crippen LogP contribution in [0.15, 0.2) is 27.8 Å². The Kier molecular flexibility index (Phi) is 8.72.